The predicted octanol–water partition coefficient (Wildman–Crippen LogP) is 3.36. The van der Waals surface area contributed by atoms with Crippen LogP contribution in [-0.2, 0) is 9.53 Å². The van der Waals surface area contributed by atoms with Gasteiger partial charge in [0.2, 0.25) is 5.91 Å². The molecule has 31 heavy (non-hydrogen) atoms. The van der Waals surface area contributed by atoms with Gasteiger partial charge in [-0.2, -0.15) is 0 Å². The van der Waals surface area contributed by atoms with Crippen molar-refractivity contribution in [3.8, 4) is 11.3 Å². The zero-order valence-corrected chi connectivity index (χ0v) is 18.5. The SMILES string of the molecule is C[C@@H]1CC[C@@H](C(=O)Nc2cc(-c3cncc(NCC4CCOCC4)n3)c(Cl)cn2)CN1. The van der Waals surface area contributed by atoms with E-state index < -0.39 is 0 Å². The fourth-order valence-electron chi connectivity index (χ4n) is 3.93. The third kappa shape index (κ3) is 5.90. The van der Waals surface area contributed by atoms with Crippen molar-refractivity contribution < 1.29 is 9.53 Å². The third-order valence-electron chi connectivity index (χ3n) is 5.96. The van der Waals surface area contributed by atoms with Crippen molar-refractivity contribution >= 4 is 29.1 Å². The van der Waals surface area contributed by atoms with Crippen molar-refractivity contribution in [3.63, 3.8) is 0 Å². The Morgan fingerprint density at radius 1 is 1.19 bits per heavy atom. The topological polar surface area (TPSA) is 101 Å². The number of nitrogens with one attached hydrogen (secondary N) is 3. The fourth-order valence-corrected chi connectivity index (χ4v) is 4.13. The van der Waals surface area contributed by atoms with Crippen LogP contribution in [0.5, 0.6) is 0 Å². The van der Waals surface area contributed by atoms with E-state index in [4.69, 9.17) is 16.3 Å². The van der Waals surface area contributed by atoms with Gasteiger partial charge in [0.25, 0.3) is 0 Å². The maximum Gasteiger partial charge on any atom is 0.229 e. The molecule has 9 heteroatoms. The molecule has 2 aromatic heterocycles. The van der Waals surface area contributed by atoms with Crippen molar-refractivity contribution in [3.05, 3.63) is 29.7 Å². The molecule has 0 aromatic carbocycles. The first-order valence-electron chi connectivity index (χ1n) is 10.9. The standard InChI is InChI=1S/C22H29ClN6O2/c1-14-2-3-16(10-25-14)22(30)29-20-8-17(18(23)11-27-20)19-12-24-13-21(28-19)26-9-15-4-6-31-7-5-15/h8,11-16,25H,2-7,9-10H2,1H3,(H,26,28)(H,27,29,30)/t14-,16-/m1/s1. The molecule has 0 saturated carbocycles. The van der Waals surface area contributed by atoms with Crippen LogP contribution in [0.1, 0.15) is 32.6 Å². The highest BCUT2D eigenvalue weighted by Gasteiger charge is 2.24. The number of nitrogens with zero attached hydrogens (tertiary/aromatic N) is 3. The number of aromatic nitrogens is 3. The van der Waals surface area contributed by atoms with E-state index in [1.54, 1.807) is 18.5 Å². The Bertz CT molecular complexity index is 897. The third-order valence-corrected chi connectivity index (χ3v) is 6.26. The Morgan fingerprint density at radius 2 is 2.03 bits per heavy atom. The first-order valence-corrected chi connectivity index (χ1v) is 11.3. The average Bonchev–Trinajstić information content (AvgIpc) is 2.80. The normalized spacial score (nSPS) is 22.1. The van der Waals surface area contributed by atoms with Crippen molar-refractivity contribution in [2.24, 2.45) is 11.8 Å². The number of hydrogen-bond donors (Lipinski definition) is 3. The summed E-state index contributed by atoms with van der Waals surface area (Å²) < 4.78 is 5.41. The molecule has 4 rings (SSSR count). The lowest BCUT2D eigenvalue weighted by Crippen LogP contribution is -2.41. The van der Waals surface area contributed by atoms with Crippen LogP contribution in [0, 0.1) is 11.8 Å². The number of rotatable bonds is 6. The number of halogens is 1. The molecule has 2 aromatic rings. The van der Waals surface area contributed by atoms with Crippen LogP contribution in [0.25, 0.3) is 11.3 Å². The molecule has 4 heterocycles. The lowest BCUT2D eigenvalue weighted by atomic mass is 9.95. The summed E-state index contributed by atoms with van der Waals surface area (Å²) in [4.78, 5) is 25.9. The summed E-state index contributed by atoms with van der Waals surface area (Å²) in [5.41, 5.74) is 1.32. The highest BCUT2D eigenvalue weighted by Crippen LogP contribution is 2.29. The number of hydrogen-bond acceptors (Lipinski definition) is 7. The van der Waals surface area contributed by atoms with Gasteiger partial charge >= 0.3 is 0 Å². The number of pyridine rings is 1. The number of piperidine rings is 1. The van der Waals surface area contributed by atoms with Gasteiger partial charge in [-0.05, 0) is 44.6 Å². The second-order valence-corrected chi connectivity index (χ2v) is 8.76. The molecular weight excluding hydrogens is 416 g/mol. The molecule has 0 unspecified atom stereocenters. The predicted molar refractivity (Wildman–Crippen MR) is 121 cm³/mol. The lowest BCUT2D eigenvalue weighted by molar-refractivity contribution is -0.120. The van der Waals surface area contributed by atoms with E-state index in [9.17, 15) is 4.79 Å². The van der Waals surface area contributed by atoms with Crippen LogP contribution in [0.15, 0.2) is 24.7 Å². The quantitative estimate of drug-likeness (QED) is 0.627. The molecule has 0 bridgehead atoms. The Morgan fingerprint density at radius 3 is 2.81 bits per heavy atom. The fraction of sp³-hybridized carbons (Fsp3) is 0.545. The number of anilines is 2. The van der Waals surface area contributed by atoms with Crippen molar-refractivity contribution in [1.29, 1.82) is 0 Å². The number of amides is 1. The largest absolute Gasteiger partial charge is 0.381 e. The molecule has 1 amide bonds. The van der Waals surface area contributed by atoms with E-state index in [-0.39, 0.29) is 11.8 Å². The molecule has 8 nitrogen and oxygen atoms in total. The lowest BCUT2D eigenvalue weighted by Gasteiger charge is -2.26. The van der Waals surface area contributed by atoms with Gasteiger partial charge in [-0.1, -0.05) is 11.6 Å². The maximum atomic E-state index is 12.6. The highest BCUT2D eigenvalue weighted by molar-refractivity contribution is 6.33. The van der Waals surface area contributed by atoms with Gasteiger partial charge in [0.15, 0.2) is 0 Å². The first kappa shape index (κ1) is 21.9. The molecule has 2 aliphatic rings. The van der Waals surface area contributed by atoms with Crippen LogP contribution in [0.3, 0.4) is 0 Å². The van der Waals surface area contributed by atoms with E-state index in [1.807, 2.05) is 0 Å². The summed E-state index contributed by atoms with van der Waals surface area (Å²) >= 11 is 6.40. The van der Waals surface area contributed by atoms with E-state index in [2.05, 4.69) is 37.8 Å². The van der Waals surface area contributed by atoms with Crippen LogP contribution < -0.4 is 16.0 Å². The molecule has 2 saturated heterocycles. The average molecular weight is 445 g/mol. The maximum absolute atomic E-state index is 12.6. The Hall–Kier alpha value is -2.29. The highest BCUT2D eigenvalue weighted by atomic mass is 35.5. The number of carbonyl (C=O) groups excluding carboxylic acids is 1. The minimum absolute atomic E-state index is 0.0295. The second kappa shape index (κ2) is 10.3. The number of ether oxygens (including phenoxy) is 1. The molecule has 2 aliphatic heterocycles. The summed E-state index contributed by atoms with van der Waals surface area (Å²) in [7, 11) is 0. The van der Waals surface area contributed by atoms with Gasteiger partial charge in [0.05, 0.1) is 29.0 Å². The zero-order chi connectivity index (χ0) is 21.6. The van der Waals surface area contributed by atoms with Gasteiger partial charge in [0, 0.05) is 44.1 Å². The van der Waals surface area contributed by atoms with Crippen LogP contribution >= 0.6 is 11.6 Å². The summed E-state index contributed by atoms with van der Waals surface area (Å²) in [6.45, 7) is 5.28. The Balaban J connectivity index is 1.43. The first-order chi connectivity index (χ1) is 15.1. The smallest absolute Gasteiger partial charge is 0.229 e. The minimum atomic E-state index is -0.0605. The van der Waals surface area contributed by atoms with E-state index in [1.165, 1.54) is 6.20 Å². The summed E-state index contributed by atoms with van der Waals surface area (Å²) in [6, 6.07) is 2.21. The van der Waals surface area contributed by atoms with E-state index >= 15 is 0 Å². The van der Waals surface area contributed by atoms with Crippen LogP contribution in [0.4, 0.5) is 11.6 Å². The van der Waals surface area contributed by atoms with Crippen LogP contribution in [-0.4, -0.2) is 53.2 Å². The molecule has 2 atom stereocenters. The van der Waals surface area contributed by atoms with Crippen LogP contribution in [0.2, 0.25) is 5.02 Å². The Labute approximate surface area is 187 Å². The van der Waals surface area contributed by atoms with E-state index in [0.29, 0.717) is 46.4 Å². The minimum Gasteiger partial charge on any atom is -0.381 e. The van der Waals surface area contributed by atoms with Crippen molar-refractivity contribution in [1.82, 2.24) is 20.3 Å². The summed E-state index contributed by atoms with van der Waals surface area (Å²) in [5.74, 6) is 1.64. The van der Waals surface area contributed by atoms with E-state index in [0.717, 1.165) is 45.4 Å². The zero-order valence-electron chi connectivity index (χ0n) is 17.7. The number of carbonyl (C=O) groups is 1. The van der Waals surface area contributed by atoms with Crippen molar-refractivity contribution in [2.45, 2.75) is 38.6 Å². The molecule has 2 fully saturated rings. The molecule has 166 valence electrons. The van der Waals surface area contributed by atoms with Crippen molar-refractivity contribution in [2.75, 3.05) is 36.9 Å². The molecule has 0 spiro atoms. The van der Waals surface area contributed by atoms with Gasteiger partial charge in [-0.25, -0.2) is 9.97 Å². The van der Waals surface area contributed by atoms with Gasteiger partial charge in [-0.15, -0.1) is 0 Å². The molecular formula is C22H29ClN6O2. The summed E-state index contributed by atoms with van der Waals surface area (Å²) in [6.07, 6.45) is 8.87. The second-order valence-electron chi connectivity index (χ2n) is 8.35. The Kier molecular flexibility index (Phi) is 7.32. The van der Waals surface area contributed by atoms with Gasteiger partial charge in [0.1, 0.15) is 11.6 Å². The van der Waals surface area contributed by atoms with Gasteiger partial charge in [-0.3, -0.25) is 9.78 Å². The summed E-state index contributed by atoms with van der Waals surface area (Å²) in [5, 5.41) is 10.1. The monoisotopic (exact) mass is 444 g/mol. The van der Waals surface area contributed by atoms with Gasteiger partial charge < -0.3 is 20.7 Å². The molecule has 0 radical (unpaired) electrons. The molecule has 0 aliphatic carbocycles. The molecule has 3 N–H and O–H groups in total.